The molecule has 2 heterocycles. The van der Waals surface area contributed by atoms with Gasteiger partial charge in [-0.25, -0.2) is 0 Å². The lowest BCUT2D eigenvalue weighted by Gasteiger charge is -2.28. The summed E-state index contributed by atoms with van der Waals surface area (Å²) in [5.41, 5.74) is 25.0. The van der Waals surface area contributed by atoms with Crippen LogP contribution in [-0.4, -0.2) is 82.3 Å². The Bertz CT molecular complexity index is 4340. The zero-order valence-electron chi connectivity index (χ0n) is 73.2. The average Bonchev–Trinajstić information content (AvgIpc) is 0.751. The van der Waals surface area contributed by atoms with Crippen molar-refractivity contribution in [1.29, 1.82) is 0 Å². The van der Waals surface area contributed by atoms with Gasteiger partial charge in [-0.05, 0) is 177 Å². The second-order valence-electron chi connectivity index (χ2n) is 39.5. The minimum atomic E-state index is -0.248. The molecule has 10 heteroatoms. The van der Waals surface area contributed by atoms with E-state index in [1.54, 1.807) is 0 Å². The Labute approximate surface area is 663 Å². The highest BCUT2D eigenvalue weighted by Crippen LogP contribution is 2.48. The molecule has 8 aromatic carbocycles. The van der Waals surface area contributed by atoms with E-state index in [4.69, 9.17) is 47.4 Å². The Morgan fingerprint density at radius 1 is 0.182 bits per heavy atom. The number of rotatable bonds is 6. The summed E-state index contributed by atoms with van der Waals surface area (Å²) in [6.45, 7) is 57.5. The molecule has 594 valence electrons. The molecule has 110 heavy (non-hydrogen) atoms. The molecule has 14 bridgehead atoms. The van der Waals surface area contributed by atoms with Gasteiger partial charge in [0.05, 0.1) is 69.1 Å². The number of methoxy groups -OCH3 is 6. The minimum Gasteiger partial charge on any atom is -0.496 e. The van der Waals surface area contributed by atoms with E-state index in [1.807, 2.05) is 42.7 Å². The van der Waals surface area contributed by atoms with E-state index in [9.17, 15) is 0 Å². The van der Waals surface area contributed by atoms with Crippen LogP contribution in [0.1, 0.15) is 300 Å². The van der Waals surface area contributed by atoms with Crippen LogP contribution in [-0.2, 0) is 104 Å². The molecular formula is C100H134O10. The van der Waals surface area contributed by atoms with E-state index in [-0.39, 0.29) is 43.3 Å². The molecule has 8 aromatic rings. The minimum absolute atomic E-state index is 0.221. The molecule has 0 atom stereocenters. The molecule has 0 aliphatic carbocycles. The normalized spacial score (nSPS) is 14.9. The molecule has 0 saturated heterocycles. The summed E-state index contributed by atoms with van der Waals surface area (Å²) in [4.78, 5) is 0. The van der Waals surface area contributed by atoms with Crippen LogP contribution in [0.25, 0.3) is 0 Å². The fourth-order valence-electron chi connectivity index (χ4n) is 15.9. The molecule has 0 fully saturated rings. The fraction of sp³-hybridized carbons (Fsp3) is 0.520. The van der Waals surface area contributed by atoms with Gasteiger partial charge in [0, 0.05) is 51.4 Å². The van der Waals surface area contributed by atoms with Gasteiger partial charge in [-0.1, -0.05) is 263 Å². The Morgan fingerprint density at radius 2 is 0.300 bits per heavy atom. The third-order valence-corrected chi connectivity index (χ3v) is 22.5. The van der Waals surface area contributed by atoms with E-state index < -0.39 is 0 Å². The van der Waals surface area contributed by atoms with Crippen molar-refractivity contribution in [3.8, 4) is 46.0 Å². The molecule has 2 aliphatic heterocycles. The summed E-state index contributed by atoms with van der Waals surface area (Å²) in [5, 5.41) is 0. The predicted molar refractivity (Wildman–Crippen MR) is 456 cm³/mol. The van der Waals surface area contributed by atoms with Crippen LogP contribution in [0, 0.1) is 0 Å². The molecule has 0 radical (unpaired) electrons. The fourth-order valence-corrected chi connectivity index (χ4v) is 15.9. The first-order chi connectivity index (χ1) is 51.2. The van der Waals surface area contributed by atoms with Crippen LogP contribution in [0.15, 0.2) is 97.1 Å². The highest BCUT2D eigenvalue weighted by molar-refractivity contribution is 5.63. The van der Waals surface area contributed by atoms with Gasteiger partial charge in [0.15, 0.2) is 0 Å². The van der Waals surface area contributed by atoms with Gasteiger partial charge in [0.2, 0.25) is 0 Å². The molecular weight excluding hydrogens is 1360 g/mol. The first kappa shape index (κ1) is 84.5. The monoisotopic (exact) mass is 1490 g/mol. The number of hydrogen-bond donors (Lipinski definition) is 0. The Morgan fingerprint density at radius 3 is 0.427 bits per heavy atom. The van der Waals surface area contributed by atoms with Crippen LogP contribution in [0.5, 0.6) is 46.0 Å². The van der Waals surface area contributed by atoms with Gasteiger partial charge in [0.25, 0.3) is 0 Å². The van der Waals surface area contributed by atoms with Gasteiger partial charge >= 0.3 is 0 Å². The number of hydrogen-bond acceptors (Lipinski definition) is 10. The Hall–Kier alpha value is -7.92. The maximum atomic E-state index is 7.36. The van der Waals surface area contributed by atoms with Crippen LogP contribution >= 0.6 is 0 Å². The lowest BCUT2D eigenvalue weighted by atomic mass is 9.79. The molecule has 0 N–H and O–H groups in total. The Kier molecular flexibility index (Phi) is 25.1. The smallest absolute Gasteiger partial charge is 0.126 e. The quantitative estimate of drug-likeness (QED) is 0.150. The van der Waals surface area contributed by atoms with Crippen molar-refractivity contribution in [3.63, 3.8) is 0 Å². The van der Waals surface area contributed by atoms with Gasteiger partial charge in [-0.2, -0.15) is 0 Å². The van der Waals surface area contributed by atoms with Crippen molar-refractivity contribution >= 4 is 0 Å². The van der Waals surface area contributed by atoms with E-state index in [0.29, 0.717) is 91.0 Å². The van der Waals surface area contributed by atoms with Crippen LogP contribution in [0.4, 0.5) is 0 Å². The second kappa shape index (κ2) is 32.7. The molecule has 0 amide bonds. The third kappa shape index (κ3) is 19.4. The zero-order valence-corrected chi connectivity index (χ0v) is 73.2. The molecule has 2 aliphatic rings. The van der Waals surface area contributed by atoms with Crippen molar-refractivity contribution in [2.45, 2.75) is 261 Å². The van der Waals surface area contributed by atoms with Crippen LogP contribution < -0.4 is 37.9 Å². The third-order valence-electron chi connectivity index (χ3n) is 22.5. The van der Waals surface area contributed by atoms with Crippen molar-refractivity contribution < 1.29 is 47.4 Å². The highest BCUT2D eigenvalue weighted by Gasteiger charge is 2.33. The summed E-state index contributed by atoms with van der Waals surface area (Å²) in [5.74, 6) is 6.72. The van der Waals surface area contributed by atoms with E-state index in [1.165, 1.54) is 44.5 Å². The first-order valence-corrected chi connectivity index (χ1v) is 40.2. The lowest BCUT2D eigenvalue weighted by molar-refractivity contribution is 0.0270. The van der Waals surface area contributed by atoms with Crippen molar-refractivity contribution in [3.05, 3.63) is 231 Å². The summed E-state index contributed by atoms with van der Waals surface area (Å²) >= 11 is 0. The second-order valence-corrected chi connectivity index (χ2v) is 39.5. The largest absolute Gasteiger partial charge is 0.496 e. The van der Waals surface area contributed by atoms with Crippen molar-refractivity contribution in [2.24, 2.45) is 0 Å². The summed E-state index contributed by atoms with van der Waals surface area (Å²) in [6.07, 6.45) is 4.28. The van der Waals surface area contributed by atoms with E-state index >= 15 is 0 Å². The van der Waals surface area contributed by atoms with Gasteiger partial charge < -0.3 is 47.4 Å². The van der Waals surface area contributed by atoms with Gasteiger partial charge in [0.1, 0.15) is 59.2 Å². The molecule has 10 rings (SSSR count). The van der Waals surface area contributed by atoms with E-state index in [0.717, 1.165) is 135 Å². The van der Waals surface area contributed by atoms with E-state index in [2.05, 4.69) is 263 Å². The van der Waals surface area contributed by atoms with Gasteiger partial charge in [-0.15, -0.1) is 0 Å². The molecule has 10 nitrogen and oxygen atoms in total. The molecule has 0 saturated carbocycles. The molecule has 0 spiro atoms. The number of benzene rings is 8. The lowest BCUT2D eigenvalue weighted by Crippen LogP contribution is -2.18. The maximum Gasteiger partial charge on any atom is 0.126 e. The highest BCUT2D eigenvalue weighted by atomic mass is 16.6. The zero-order chi connectivity index (χ0) is 80.8. The standard InChI is InChI=1S/C100H134O10/c1-93(2,3)77-45-61-37-62-46-78(94(4,5)6)48-64(86(62)102-26)39-66-50-80(96(10,11)12)54-70(88(66)104-28)42-74-58-84(100(22,23)24)60-76-44-72-56-82(98(16,17)18)52-68(90(72)106-30)40-67-51-81(97(13,14)15)55-71(89(67)105-29)43-75-59-83(99(19,20)21)57-73(91(75)109-35-33-107-31-32-108-34-36-110-92(74)76)41-69-53-79(95(7,8)9)49-65(87(69)103-27)38-63(47-77)85(61)101-25/h45-60H,31-44H2,1-30H3. The topological polar surface area (TPSA) is 92.3 Å². The average molecular weight is 1500 g/mol. The van der Waals surface area contributed by atoms with Crippen LogP contribution in [0.2, 0.25) is 0 Å². The SMILES string of the molecule is COc1c2cc(C(C)(C)C)cc1Cc1cc(C(C)(C)C)cc(c1OC)Cc1cc(C(C)(C)C)cc3c1OCCOCCOCCOc1c(cc(C(C)(C)C)cc1Cc1cc(C(C)(C)C)cc(c1OC)Cc1cc(C(C)(C)C)cc(c1OC)C3)Cc1cc(C(C)(C)C)cc(c1OC)Cc1cc(C(C)(C)C)cc(c1OC)C2. The predicted octanol–water partition coefficient (Wildman–Crippen LogP) is 23.0. The van der Waals surface area contributed by atoms with Crippen LogP contribution in [0.3, 0.4) is 0 Å². The first-order valence-electron chi connectivity index (χ1n) is 40.2. The van der Waals surface area contributed by atoms with Crippen molar-refractivity contribution in [2.75, 3.05) is 82.3 Å². The number of fused-ring (bicyclic) bond motifs is 21. The summed E-state index contributed by atoms with van der Waals surface area (Å²) in [6, 6.07) is 38.1. The summed E-state index contributed by atoms with van der Waals surface area (Å²) in [7, 11) is 11.0. The number of ether oxygens (including phenoxy) is 10. The molecule has 0 unspecified atom stereocenters. The van der Waals surface area contributed by atoms with Crippen molar-refractivity contribution in [1.82, 2.24) is 0 Å². The Balaban J connectivity index is 1.36. The molecule has 0 aromatic heterocycles. The maximum absolute atomic E-state index is 7.36. The summed E-state index contributed by atoms with van der Waals surface area (Å²) < 4.78 is 68.8. The van der Waals surface area contributed by atoms with Gasteiger partial charge in [-0.3, -0.25) is 0 Å².